The first-order valence-electron chi connectivity index (χ1n) is 16.6. The van der Waals surface area contributed by atoms with Crippen LogP contribution in [-0.2, 0) is 4.79 Å². The second-order valence-corrected chi connectivity index (χ2v) is 13.5. The van der Waals surface area contributed by atoms with Gasteiger partial charge in [-0.25, -0.2) is 0 Å². The minimum atomic E-state index is -0.634. The lowest BCUT2D eigenvalue weighted by molar-refractivity contribution is -0.138. The van der Waals surface area contributed by atoms with Crippen molar-refractivity contribution in [2.24, 2.45) is 29.6 Å². The second-order valence-electron chi connectivity index (χ2n) is 13.5. The van der Waals surface area contributed by atoms with Crippen LogP contribution in [0.5, 0.6) is 0 Å². The van der Waals surface area contributed by atoms with Gasteiger partial charge in [0.1, 0.15) is 0 Å². The molecule has 3 nitrogen and oxygen atoms in total. The van der Waals surface area contributed by atoms with Crippen LogP contribution in [0.15, 0.2) is 34.8 Å². The molecule has 0 heterocycles. The SMILES string of the molecule is O=C(O)C[C@@H]1CC[C@@H](N(CCC2CCCCC2)CCC2CCCCC2)[C@H](C2=C=C=C(C3CCCC3)C=C2)C1. The van der Waals surface area contributed by atoms with E-state index in [1.807, 2.05) is 0 Å². The highest BCUT2D eigenvalue weighted by Gasteiger charge is 2.37. The van der Waals surface area contributed by atoms with E-state index >= 15 is 0 Å². The first-order valence-corrected chi connectivity index (χ1v) is 16.6. The summed E-state index contributed by atoms with van der Waals surface area (Å²) < 4.78 is 0. The Morgan fingerprint density at radius 2 is 1.26 bits per heavy atom. The van der Waals surface area contributed by atoms with Crippen molar-refractivity contribution in [3.63, 3.8) is 0 Å². The second kappa shape index (κ2) is 14.2. The Balaban J connectivity index is 1.35. The van der Waals surface area contributed by atoms with E-state index in [1.54, 1.807) is 0 Å². The first kappa shape index (κ1) is 28.0. The van der Waals surface area contributed by atoms with Gasteiger partial charge < -0.3 is 5.11 Å². The van der Waals surface area contributed by atoms with E-state index < -0.39 is 5.97 Å². The molecule has 0 radical (unpaired) electrons. The maximum Gasteiger partial charge on any atom is 0.303 e. The van der Waals surface area contributed by atoms with Crippen molar-refractivity contribution >= 4 is 5.97 Å². The van der Waals surface area contributed by atoms with E-state index in [9.17, 15) is 9.90 Å². The van der Waals surface area contributed by atoms with Crippen LogP contribution >= 0.6 is 0 Å². The number of rotatable bonds is 11. The fraction of sp³-hybridized carbons (Fsp3) is 0.800. The summed E-state index contributed by atoms with van der Waals surface area (Å²) in [5.74, 6) is 2.53. The molecule has 0 aliphatic heterocycles. The highest BCUT2D eigenvalue weighted by molar-refractivity contribution is 5.67. The van der Waals surface area contributed by atoms with Crippen molar-refractivity contribution in [3.8, 4) is 0 Å². The molecular weight excluding hydrogens is 466 g/mol. The third-order valence-electron chi connectivity index (χ3n) is 10.9. The van der Waals surface area contributed by atoms with E-state index in [-0.39, 0.29) is 5.92 Å². The van der Waals surface area contributed by atoms with Gasteiger partial charge in [-0.2, -0.15) is 0 Å². The third-order valence-corrected chi connectivity index (χ3v) is 10.9. The minimum Gasteiger partial charge on any atom is -0.481 e. The van der Waals surface area contributed by atoms with Crippen molar-refractivity contribution in [3.05, 3.63) is 34.8 Å². The van der Waals surface area contributed by atoms with E-state index in [2.05, 4.69) is 28.5 Å². The smallest absolute Gasteiger partial charge is 0.303 e. The summed E-state index contributed by atoms with van der Waals surface area (Å²) in [5.41, 5.74) is 9.91. The van der Waals surface area contributed by atoms with Crippen molar-refractivity contribution < 1.29 is 9.90 Å². The van der Waals surface area contributed by atoms with Gasteiger partial charge in [0, 0.05) is 29.5 Å². The quantitative estimate of drug-likeness (QED) is 0.277. The van der Waals surface area contributed by atoms with Crippen molar-refractivity contribution in [2.75, 3.05) is 13.1 Å². The molecule has 4 fully saturated rings. The molecule has 0 aromatic carbocycles. The Kier molecular flexibility index (Phi) is 10.5. The van der Waals surface area contributed by atoms with Crippen LogP contribution in [0.4, 0.5) is 0 Å². The Labute approximate surface area is 232 Å². The molecule has 0 saturated heterocycles. The molecule has 0 spiro atoms. The Hall–Kier alpha value is -1.53. The topological polar surface area (TPSA) is 40.5 Å². The monoisotopic (exact) mass is 519 g/mol. The van der Waals surface area contributed by atoms with Gasteiger partial charge in [-0.05, 0) is 93.9 Å². The maximum absolute atomic E-state index is 11.6. The normalized spacial score (nSPS) is 29.6. The van der Waals surface area contributed by atoms with Gasteiger partial charge in [0.2, 0.25) is 0 Å². The van der Waals surface area contributed by atoms with Gasteiger partial charge in [0.25, 0.3) is 0 Å². The zero-order chi connectivity index (χ0) is 26.2. The summed E-state index contributed by atoms with van der Waals surface area (Å²) in [5, 5.41) is 9.59. The van der Waals surface area contributed by atoms with E-state index in [0.717, 1.165) is 31.1 Å². The summed E-state index contributed by atoms with van der Waals surface area (Å²) in [7, 11) is 0. The summed E-state index contributed by atoms with van der Waals surface area (Å²) in [6, 6.07) is 0.522. The summed E-state index contributed by atoms with van der Waals surface area (Å²) in [6.45, 7) is 2.46. The van der Waals surface area contributed by atoms with Crippen LogP contribution in [0.2, 0.25) is 0 Å². The third kappa shape index (κ3) is 7.78. The Morgan fingerprint density at radius 1 is 0.711 bits per heavy atom. The van der Waals surface area contributed by atoms with Crippen molar-refractivity contribution in [2.45, 2.75) is 134 Å². The summed E-state index contributed by atoms with van der Waals surface area (Å²) in [6.07, 6.45) is 30.5. The number of carboxylic acid groups (broad SMARTS) is 1. The zero-order valence-electron chi connectivity index (χ0n) is 24.0. The fourth-order valence-electron chi connectivity index (χ4n) is 8.64. The number of hydrogen-bond acceptors (Lipinski definition) is 2. The lowest BCUT2D eigenvalue weighted by Gasteiger charge is -2.44. The number of carboxylic acids is 1. The highest BCUT2D eigenvalue weighted by Crippen LogP contribution is 2.41. The molecule has 1 N–H and O–H groups in total. The van der Waals surface area contributed by atoms with Crippen molar-refractivity contribution in [1.29, 1.82) is 0 Å². The molecule has 5 aliphatic carbocycles. The minimum absolute atomic E-state index is 0.287. The van der Waals surface area contributed by atoms with E-state index in [0.29, 0.717) is 24.3 Å². The van der Waals surface area contributed by atoms with E-state index in [1.165, 1.54) is 127 Å². The maximum atomic E-state index is 11.6. The average Bonchev–Trinajstić information content (AvgIpc) is 3.50. The highest BCUT2D eigenvalue weighted by atomic mass is 16.4. The average molecular weight is 520 g/mol. The first-order chi connectivity index (χ1) is 18.7. The van der Waals surface area contributed by atoms with Crippen molar-refractivity contribution in [1.82, 2.24) is 4.90 Å². The number of allylic oxidation sites excluding steroid dienone is 3. The van der Waals surface area contributed by atoms with Crippen LogP contribution in [0, 0.1) is 29.6 Å². The number of carbonyl (C=O) groups is 1. The van der Waals surface area contributed by atoms with Gasteiger partial charge in [0.05, 0.1) is 0 Å². The largest absolute Gasteiger partial charge is 0.481 e. The zero-order valence-corrected chi connectivity index (χ0v) is 24.0. The molecule has 38 heavy (non-hydrogen) atoms. The van der Waals surface area contributed by atoms with Crippen LogP contribution in [0.3, 0.4) is 0 Å². The molecular formula is C35H53NO2. The number of aliphatic carboxylic acids is 1. The van der Waals surface area contributed by atoms with Gasteiger partial charge in [-0.15, -0.1) is 0 Å². The molecule has 210 valence electrons. The molecule has 4 saturated carbocycles. The van der Waals surface area contributed by atoms with Crippen LogP contribution in [0.25, 0.3) is 0 Å². The summed E-state index contributed by atoms with van der Waals surface area (Å²) in [4.78, 5) is 14.5. The lowest BCUT2D eigenvalue weighted by Crippen LogP contribution is -2.46. The summed E-state index contributed by atoms with van der Waals surface area (Å²) >= 11 is 0. The molecule has 0 aromatic heterocycles. The lowest BCUT2D eigenvalue weighted by atomic mass is 9.72. The molecule has 0 unspecified atom stereocenters. The molecule has 0 aromatic rings. The molecule has 5 aliphatic rings. The van der Waals surface area contributed by atoms with Gasteiger partial charge >= 0.3 is 5.97 Å². The standard InChI is InChI=1S/C35H53NO2/c37-35(38)26-29-15-20-34(33(25-29)32-18-16-31(17-19-32)30-13-7-8-14-30)36(23-21-27-9-3-1-4-10-27)24-22-28-11-5-2-6-12-28/h16,18,27-30,33-34H,1-15,20-26H2,(H,37,38)/t29-,33+,34-/m1/s1. The molecule has 3 atom stereocenters. The Bertz CT molecular complexity index is 880. The fourth-order valence-corrected chi connectivity index (χ4v) is 8.64. The molecule has 5 rings (SSSR count). The van der Waals surface area contributed by atoms with Gasteiger partial charge in [-0.1, -0.05) is 88.5 Å². The predicted molar refractivity (Wildman–Crippen MR) is 156 cm³/mol. The molecule has 0 amide bonds. The van der Waals surface area contributed by atoms with Crippen LogP contribution in [0.1, 0.15) is 128 Å². The molecule has 0 bridgehead atoms. The van der Waals surface area contributed by atoms with Gasteiger partial charge in [0.15, 0.2) is 0 Å². The van der Waals surface area contributed by atoms with E-state index in [4.69, 9.17) is 0 Å². The number of nitrogens with zero attached hydrogens (tertiary/aromatic N) is 1. The molecule has 3 heteroatoms. The van der Waals surface area contributed by atoms with Gasteiger partial charge in [-0.3, -0.25) is 9.69 Å². The number of hydrogen-bond donors (Lipinski definition) is 1. The predicted octanol–water partition coefficient (Wildman–Crippen LogP) is 8.86. The van der Waals surface area contributed by atoms with Crippen LogP contribution < -0.4 is 0 Å². The Morgan fingerprint density at radius 3 is 1.82 bits per heavy atom. The van der Waals surface area contributed by atoms with Crippen LogP contribution in [-0.4, -0.2) is 35.1 Å².